The highest BCUT2D eigenvalue weighted by atomic mass is 16.4. The second kappa shape index (κ2) is 5.13. The Balaban J connectivity index is 1.93. The van der Waals surface area contributed by atoms with Gasteiger partial charge in [-0.25, -0.2) is 9.78 Å². The van der Waals surface area contributed by atoms with Crippen molar-refractivity contribution in [1.82, 2.24) is 4.98 Å². The molecule has 0 unspecified atom stereocenters. The third-order valence-electron chi connectivity index (χ3n) is 3.18. The molecule has 0 amide bonds. The van der Waals surface area contributed by atoms with Crippen LogP contribution in [-0.2, 0) is 0 Å². The van der Waals surface area contributed by atoms with E-state index < -0.39 is 5.97 Å². The predicted octanol–water partition coefficient (Wildman–Crippen LogP) is 3.26. The van der Waals surface area contributed by atoms with Crippen molar-refractivity contribution in [2.75, 3.05) is 11.1 Å². The average molecular weight is 279 g/mol. The van der Waals surface area contributed by atoms with E-state index in [2.05, 4.69) is 10.3 Å². The van der Waals surface area contributed by atoms with E-state index in [0.29, 0.717) is 11.5 Å². The van der Waals surface area contributed by atoms with E-state index >= 15 is 0 Å². The van der Waals surface area contributed by atoms with Gasteiger partial charge in [-0.15, -0.1) is 0 Å². The molecule has 2 aromatic carbocycles. The van der Waals surface area contributed by atoms with Crippen LogP contribution in [0.4, 0.5) is 17.2 Å². The molecule has 5 nitrogen and oxygen atoms in total. The van der Waals surface area contributed by atoms with Gasteiger partial charge < -0.3 is 16.2 Å². The summed E-state index contributed by atoms with van der Waals surface area (Å²) in [5.74, 6) is -0.610. The normalized spacial score (nSPS) is 10.5. The number of carboxylic acid groups (broad SMARTS) is 1. The van der Waals surface area contributed by atoms with Crippen LogP contribution in [0, 0.1) is 0 Å². The smallest absolute Gasteiger partial charge is 0.337 e. The summed E-state index contributed by atoms with van der Waals surface area (Å²) in [6, 6.07) is 15.3. The molecule has 21 heavy (non-hydrogen) atoms. The van der Waals surface area contributed by atoms with E-state index in [1.54, 1.807) is 0 Å². The molecule has 4 N–H and O–H groups in total. The van der Waals surface area contributed by atoms with E-state index in [9.17, 15) is 4.79 Å². The van der Waals surface area contributed by atoms with Gasteiger partial charge in [-0.1, -0.05) is 30.3 Å². The van der Waals surface area contributed by atoms with Crippen LogP contribution in [0.1, 0.15) is 10.4 Å². The van der Waals surface area contributed by atoms with Crippen molar-refractivity contribution < 1.29 is 9.90 Å². The maximum atomic E-state index is 10.9. The highest BCUT2D eigenvalue weighted by Gasteiger charge is 2.08. The second-order valence-corrected chi connectivity index (χ2v) is 4.65. The maximum Gasteiger partial charge on any atom is 0.337 e. The lowest BCUT2D eigenvalue weighted by Gasteiger charge is -2.09. The van der Waals surface area contributed by atoms with Gasteiger partial charge in [0.2, 0.25) is 0 Å². The summed E-state index contributed by atoms with van der Waals surface area (Å²) in [7, 11) is 0. The third-order valence-corrected chi connectivity index (χ3v) is 3.18. The molecule has 1 heterocycles. The quantitative estimate of drug-likeness (QED) is 0.685. The Morgan fingerprint density at radius 2 is 1.86 bits per heavy atom. The van der Waals surface area contributed by atoms with Crippen molar-refractivity contribution in [2.45, 2.75) is 0 Å². The van der Waals surface area contributed by atoms with Crippen molar-refractivity contribution in [3.8, 4) is 0 Å². The lowest BCUT2D eigenvalue weighted by atomic mass is 10.1. The van der Waals surface area contributed by atoms with Crippen molar-refractivity contribution in [1.29, 1.82) is 0 Å². The third kappa shape index (κ3) is 2.62. The Kier molecular flexibility index (Phi) is 3.16. The molecule has 104 valence electrons. The monoisotopic (exact) mass is 279 g/mol. The van der Waals surface area contributed by atoms with Crippen molar-refractivity contribution >= 4 is 33.9 Å². The number of rotatable bonds is 3. The zero-order valence-electron chi connectivity index (χ0n) is 11.1. The average Bonchev–Trinajstić information content (AvgIpc) is 2.49. The van der Waals surface area contributed by atoms with Crippen LogP contribution in [0.15, 0.2) is 54.7 Å². The fourth-order valence-corrected chi connectivity index (χ4v) is 2.11. The first-order valence-electron chi connectivity index (χ1n) is 6.38. The molecule has 3 aromatic rings. The Labute approximate surface area is 121 Å². The molecule has 0 saturated heterocycles. The topological polar surface area (TPSA) is 88.2 Å². The number of carbonyl (C=O) groups is 1. The zero-order valence-corrected chi connectivity index (χ0v) is 11.1. The zero-order chi connectivity index (χ0) is 14.8. The second-order valence-electron chi connectivity index (χ2n) is 4.65. The van der Waals surface area contributed by atoms with Gasteiger partial charge in [-0.2, -0.15) is 0 Å². The van der Waals surface area contributed by atoms with E-state index in [-0.39, 0.29) is 5.56 Å². The molecule has 0 bridgehead atoms. The molecule has 0 spiro atoms. The predicted molar refractivity (Wildman–Crippen MR) is 82.8 cm³/mol. The summed E-state index contributed by atoms with van der Waals surface area (Å²) < 4.78 is 0. The molecule has 0 aliphatic rings. The van der Waals surface area contributed by atoms with Gasteiger partial charge in [0.05, 0.1) is 11.3 Å². The van der Waals surface area contributed by atoms with Gasteiger partial charge in [-0.3, -0.25) is 0 Å². The number of nitrogens with zero attached hydrogens (tertiary/aromatic N) is 1. The number of anilines is 3. The molecule has 1 aromatic heterocycles. The van der Waals surface area contributed by atoms with Crippen LogP contribution in [0.3, 0.4) is 0 Å². The number of hydrogen-bond acceptors (Lipinski definition) is 4. The SMILES string of the molecule is Nc1cc(C(=O)O)cnc1Nc1ccc2ccccc2c1. The Morgan fingerprint density at radius 1 is 1.10 bits per heavy atom. The fraction of sp³-hybridized carbons (Fsp3) is 0. The number of nitrogens with two attached hydrogens (primary N) is 1. The number of nitrogens with one attached hydrogen (secondary N) is 1. The van der Waals surface area contributed by atoms with Crippen LogP contribution in [0.2, 0.25) is 0 Å². The molecular formula is C16H13N3O2. The standard InChI is InChI=1S/C16H13N3O2/c17-14-8-12(16(20)21)9-18-15(14)19-13-6-5-10-3-1-2-4-11(10)7-13/h1-9H,17H2,(H,18,19)(H,20,21). The molecule has 3 rings (SSSR count). The van der Waals surface area contributed by atoms with Gasteiger partial charge in [-0.05, 0) is 29.0 Å². The number of fused-ring (bicyclic) bond motifs is 1. The first kappa shape index (κ1) is 12.9. The van der Waals surface area contributed by atoms with E-state index in [4.69, 9.17) is 10.8 Å². The summed E-state index contributed by atoms with van der Waals surface area (Å²) in [5, 5.41) is 14.2. The largest absolute Gasteiger partial charge is 0.478 e. The summed E-state index contributed by atoms with van der Waals surface area (Å²) in [5.41, 5.74) is 7.04. The minimum atomic E-state index is -1.05. The molecule has 5 heteroatoms. The Bertz CT molecular complexity index is 831. The number of hydrogen-bond donors (Lipinski definition) is 3. The molecule has 0 atom stereocenters. The number of carboxylic acids is 1. The molecule has 0 aliphatic carbocycles. The molecule has 0 saturated carbocycles. The first-order chi connectivity index (χ1) is 10.1. The van der Waals surface area contributed by atoms with Gasteiger partial charge >= 0.3 is 5.97 Å². The molecule has 0 radical (unpaired) electrons. The van der Waals surface area contributed by atoms with E-state index in [0.717, 1.165) is 16.5 Å². The van der Waals surface area contributed by atoms with E-state index in [1.165, 1.54) is 12.3 Å². The number of benzene rings is 2. The van der Waals surface area contributed by atoms with Crippen molar-refractivity contribution in [3.05, 3.63) is 60.3 Å². The van der Waals surface area contributed by atoms with E-state index in [1.807, 2.05) is 42.5 Å². The fourth-order valence-electron chi connectivity index (χ4n) is 2.11. The minimum Gasteiger partial charge on any atom is -0.478 e. The van der Waals surface area contributed by atoms with Crippen LogP contribution < -0.4 is 11.1 Å². The van der Waals surface area contributed by atoms with Gasteiger partial charge in [0.1, 0.15) is 0 Å². The first-order valence-corrected chi connectivity index (χ1v) is 6.38. The lowest BCUT2D eigenvalue weighted by molar-refractivity contribution is 0.0696. The van der Waals surface area contributed by atoms with Crippen LogP contribution in [0.25, 0.3) is 10.8 Å². The van der Waals surface area contributed by atoms with Gasteiger partial charge in [0.25, 0.3) is 0 Å². The van der Waals surface area contributed by atoms with Gasteiger partial charge in [0.15, 0.2) is 5.82 Å². The highest BCUT2D eigenvalue weighted by Crippen LogP contribution is 2.24. The summed E-state index contributed by atoms with van der Waals surface area (Å²) in [4.78, 5) is 14.9. The van der Waals surface area contributed by atoms with Gasteiger partial charge in [0, 0.05) is 11.9 Å². The molecular weight excluding hydrogens is 266 g/mol. The molecule has 0 fully saturated rings. The maximum absolute atomic E-state index is 10.9. The van der Waals surface area contributed by atoms with Crippen molar-refractivity contribution in [2.24, 2.45) is 0 Å². The number of pyridine rings is 1. The van der Waals surface area contributed by atoms with Crippen molar-refractivity contribution in [3.63, 3.8) is 0 Å². The van der Waals surface area contributed by atoms with Crippen LogP contribution >= 0.6 is 0 Å². The van der Waals surface area contributed by atoms with Crippen LogP contribution in [-0.4, -0.2) is 16.1 Å². The molecule has 0 aliphatic heterocycles. The summed E-state index contributed by atoms with van der Waals surface area (Å²) in [6.45, 7) is 0. The lowest BCUT2D eigenvalue weighted by Crippen LogP contribution is -2.03. The summed E-state index contributed by atoms with van der Waals surface area (Å²) >= 11 is 0. The Hall–Kier alpha value is -3.08. The number of aromatic nitrogens is 1. The summed E-state index contributed by atoms with van der Waals surface area (Å²) in [6.07, 6.45) is 1.28. The number of nitrogen functional groups attached to an aromatic ring is 1. The Morgan fingerprint density at radius 3 is 2.57 bits per heavy atom. The number of aromatic carboxylic acids is 1. The van der Waals surface area contributed by atoms with Crippen LogP contribution in [0.5, 0.6) is 0 Å². The highest BCUT2D eigenvalue weighted by molar-refractivity contribution is 5.90. The minimum absolute atomic E-state index is 0.0663.